The first-order valence-corrected chi connectivity index (χ1v) is 12.7. The van der Waals surface area contributed by atoms with E-state index < -0.39 is 22.8 Å². The largest absolute Gasteiger partial charge is 0.494 e. The molecule has 0 saturated carbocycles. The number of esters is 2. The number of rotatable bonds is 10. The van der Waals surface area contributed by atoms with Gasteiger partial charge < -0.3 is 23.7 Å². The first-order chi connectivity index (χ1) is 17.6. The summed E-state index contributed by atoms with van der Waals surface area (Å²) in [6, 6.07) is 5.35. The molecule has 1 aliphatic carbocycles. The number of hydrogen-bond acceptors (Lipinski definition) is 7. The number of fused-ring (bicyclic) bond motifs is 1. The van der Waals surface area contributed by atoms with Crippen molar-refractivity contribution in [2.45, 2.75) is 60.3 Å². The molecule has 7 nitrogen and oxygen atoms in total. The lowest BCUT2D eigenvalue weighted by molar-refractivity contribution is -0.144. The molecule has 200 valence electrons. The molecule has 0 spiro atoms. The maximum atomic E-state index is 13.6. The zero-order valence-corrected chi connectivity index (χ0v) is 22.9. The second-order valence-electron chi connectivity index (χ2n) is 10.2. The molecule has 1 aliphatic rings. The molecule has 3 rings (SSSR count). The fourth-order valence-corrected chi connectivity index (χ4v) is 4.02. The zero-order chi connectivity index (χ0) is 27.2. The van der Waals surface area contributed by atoms with Gasteiger partial charge in [-0.1, -0.05) is 44.6 Å². The first kappa shape index (κ1) is 28.1. The van der Waals surface area contributed by atoms with E-state index in [4.69, 9.17) is 23.7 Å². The van der Waals surface area contributed by atoms with Crippen molar-refractivity contribution in [3.05, 3.63) is 42.5 Å². The molecule has 0 radical (unpaired) electrons. The van der Waals surface area contributed by atoms with Crippen molar-refractivity contribution in [1.29, 1.82) is 0 Å². The number of hydrogen-bond donors (Lipinski definition) is 0. The van der Waals surface area contributed by atoms with E-state index in [2.05, 4.69) is 6.92 Å². The minimum absolute atomic E-state index is 0.160. The lowest BCUT2D eigenvalue weighted by Crippen LogP contribution is -2.33. The first-order valence-electron chi connectivity index (χ1n) is 12.7. The van der Waals surface area contributed by atoms with Gasteiger partial charge in [0.05, 0.1) is 31.7 Å². The van der Waals surface area contributed by atoms with Gasteiger partial charge in [0.25, 0.3) is 0 Å². The van der Waals surface area contributed by atoms with E-state index in [-0.39, 0.29) is 23.0 Å². The minimum Gasteiger partial charge on any atom is -0.494 e. The van der Waals surface area contributed by atoms with Crippen LogP contribution in [0.2, 0.25) is 0 Å². The number of carbonyl (C=O) groups excluding carboxylic acids is 2. The molecule has 1 atom stereocenters. The van der Waals surface area contributed by atoms with Crippen molar-refractivity contribution in [3.8, 4) is 28.7 Å². The Morgan fingerprint density at radius 3 is 2.14 bits per heavy atom. The lowest BCUT2D eigenvalue weighted by atomic mass is 9.79. The molecule has 37 heavy (non-hydrogen) atoms. The van der Waals surface area contributed by atoms with Crippen LogP contribution in [0.15, 0.2) is 42.5 Å². The molecule has 0 heterocycles. The second-order valence-corrected chi connectivity index (χ2v) is 10.2. The molecule has 0 aromatic heterocycles. The number of ether oxygens (including phenoxy) is 5. The third-order valence-corrected chi connectivity index (χ3v) is 6.46. The summed E-state index contributed by atoms with van der Waals surface area (Å²) in [5, 5.41) is 1.05. The van der Waals surface area contributed by atoms with Crippen LogP contribution in [0, 0.1) is 10.8 Å². The second kappa shape index (κ2) is 11.7. The molecule has 0 aliphatic heterocycles. The van der Waals surface area contributed by atoms with E-state index in [1.54, 1.807) is 39.0 Å². The quantitative estimate of drug-likeness (QED) is 0.197. The molecule has 0 bridgehead atoms. The topological polar surface area (TPSA) is 80.3 Å². The predicted molar refractivity (Wildman–Crippen MR) is 144 cm³/mol. The number of allylic oxidation sites excluding steroid dienone is 3. The lowest BCUT2D eigenvalue weighted by Gasteiger charge is -2.28. The molecule has 0 N–H and O–H groups in total. The normalized spacial score (nSPS) is 16.9. The summed E-state index contributed by atoms with van der Waals surface area (Å²) >= 11 is 0. The Balaban J connectivity index is 2.23. The maximum Gasteiger partial charge on any atom is 0.321 e. The summed E-state index contributed by atoms with van der Waals surface area (Å²) in [6.45, 7) is 9.91. The van der Waals surface area contributed by atoms with Gasteiger partial charge in [0.2, 0.25) is 11.5 Å². The van der Waals surface area contributed by atoms with Gasteiger partial charge in [0.1, 0.15) is 5.75 Å². The van der Waals surface area contributed by atoms with Crippen LogP contribution in [-0.2, 0) is 9.59 Å². The van der Waals surface area contributed by atoms with Crippen molar-refractivity contribution in [2.24, 2.45) is 10.8 Å². The van der Waals surface area contributed by atoms with E-state index in [9.17, 15) is 9.59 Å². The van der Waals surface area contributed by atoms with Crippen LogP contribution in [0.4, 0.5) is 0 Å². The van der Waals surface area contributed by atoms with E-state index in [1.165, 1.54) is 14.2 Å². The van der Waals surface area contributed by atoms with Crippen LogP contribution in [0.25, 0.3) is 10.8 Å². The molecule has 1 unspecified atom stereocenters. The summed E-state index contributed by atoms with van der Waals surface area (Å²) in [5.41, 5.74) is -1.56. The maximum absolute atomic E-state index is 13.6. The van der Waals surface area contributed by atoms with Crippen LogP contribution < -0.4 is 23.7 Å². The van der Waals surface area contributed by atoms with Crippen LogP contribution >= 0.6 is 0 Å². The Labute approximate surface area is 219 Å². The molecule has 0 saturated heterocycles. The average Bonchev–Trinajstić information content (AvgIpc) is 2.89. The van der Waals surface area contributed by atoms with E-state index >= 15 is 0 Å². The van der Waals surface area contributed by atoms with Crippen molar-refractivity contribution in [1.82, 2.24) is 0 Å². The Bertz CT molecular complexity index is 1200. The molecular formula is C30H38O7. The average molecular weight is 511 g/mol. The number of unbranched alkanes of at least 4 members (excludes halogenated alkanes) is 1. The van der Waals surface area contributed by atoms with E-state index in [0.29, 0.717) is 36.0 Å². The van der Waals surface area contributed by atoms with Crippen LogP contribution in [0.1, 0.15) is 60.3 Å². The van der Waals surface area contributed by atoms with Crippen LogP contribution in [0.3, 0.4) is 0 Å². The van der Waals surface area contributed by atoms with Crippen molar-refractivity contribution < 1.29 is 33.3 Å². The SMILES string of the molecule is CCCCOc1ccc2c(OC(=O)C(C)(C)C)c(OC)c(OC)c(OC(=O)C3(CC)C=CC=CC3)c2c1. The van der Waals surface area contributed by atoms with E-state index in [0.717, 1.165) is 12.8 Å². The number of carbonyl (C=O) groups is 2. The Morgan fingerprint density at radius 2 is 1.59 bits per heavy atom. The standard InChI is InChI=1S/C30H38O7/c1-8-10-18-35-20-14-15-21-22(19-20)24(37-28(32)30(9-2)16-12-11-13-17-30)26(34-7)25(33-6)23(21)36-27(31)29(3,4)5/h11-16,19H,8-10,17-18H2,1-7H3. The third-order valence-electron chi connectivity index (χ3n) is 6.46. The Morgan fingerprint density at radius 1 is 0.919 bits per heavy atom. The van der Waals surface area contributed by atoms with Crippen molar-refractivity contribution >= 4 is 22.7 Å². The smallest absolute Gasteiger partial charge is 0.321 e. The highest BCUT2D eigenvalue weighted by Crippen LogP contribution is 2.53. The summed E-state index contributed by atoms with van der Waals surface area (Å²) < 4.78 is 29.3. The predicted octanol–water partition coefficient (Wildman–Crippen LogP) is 6.81. The Kier molecular flexibility index (Phi) is 8.89. The molecule has 0 amide bonds. The van der Waals surface area contributed by atoms with Gasteiger partial charge in [0.15, 0.2) is 11.5 Å². The summed E-state index contributed by atoms with van der Waals surface area (Å²) in [4.78, 5) is 26.5. The van der Waals surface area contributed by atoms with Crippen molar-refractivity contribution in [2.75, 3.05) is 20.8 Å². The molecule has 2 aromatic rings. The molecule has 2 aromatic carbocycles. The van der Waals surface area contributed by atoms with Gasteiger partial charge in [-0.05, 0) is 58.2 Å². The van der Waals surface area contributed by atoms with Gasteiger partial charge in [-0.15, -0.1) is 0 Å². The summed E-state index contributed by atoms with van der Waals surface area (Å²) in [6.07, 6.45) is 10.6. The van der Waals surface area contributed by atoms with Gasteiger partial charge in [-0.25, -0.2) is 0 Å². The minimum atomic E-state index is -0.800. The van der Waals surface area contributed by atoms with Crippen molar-refractivity contribution in [3.63, 3.8) is 0 Å². The van der Waals surface area contributed by atoms with Gasteiger partial charge in [-0.2, -0.15) is 0 Å². The molecule has 7 heteroatoms. The monoisotopic (exact) mass is 510 g/mol. The highest BCUT2D eigenvalue weighted by Gasteiger charge is 2.38. The van der Waals surface area contributed by atoms with E-state index in [1.807, 2.05) is 31.2 Å². The van der Waals surface area contributed by atoms with Crippen LogP contribution in [-0.4, -0.2) is 32.8 Å². The van der Waals surface area contributed by atoms with Gasteiger partial charge in [0, 0.05) is 10.8 Å². The molecular weight excluding hydrogens is 472 g/mol. The molecule has 0 fully saturated rings. The van der Waals surface area contributed by atoms with Gasteiger partial charge >= 0.3 is 11.9 Å². The summed E-state index contributed by atoms with van der Waals surface area (Å²) in [7, 11) is 2.91. The summed E-state index contributed by atoms with van der Waals surface area (Å²) in [5.74, 6) is 0.461. The zero-order valence-electron chi connectivity index (χ0n) is 22.9. The number of benzene rings is 2. The fraction of sp³-hybridized carbons (Fsp3) is 0.467. The van der Waals surface area contributed by atoms with Crippen LogP contribution in [0.5, 0.6) is 28.7 Å². The third kappa shape index (κ3) is 5.92. The Hall–Kier alpha value is -3.48. The fourth-order valence-electron chi connectivity index (χ4n) is 4.02. The van der Waals surface area contributed by atoms with Gasteiger partial charge in [-0.3, -0.25) is 9.59 Å². The highest BCUT2D eigenvalue weighted by atomic mass is 16.6. The highest BCUT2D eigenvalue weighted by molar-refractivity contribution is 6.02. The number of methoxy groups -OCH3 is 2.